The lowest BCUT2D eigenvalue weighted by atomic mass is 9.52. The molecule has 0 heterocycles. The van der Waals surface area contributed by atoms with Crippen molar-refractivity contribution in [3.63, 3.8) is 0 Å². The summed E-state index contributed by atoms with van der Waals surface area (Å²) in [5.41, 5.74) is 0.913. The zero-order chi connectivity index (χ0) is 15.8. The highest BCUT2D eigenvalue weighted by Gasteiger charge is 2.57. The monoisotopic (exact) mass is 294 g/mol. The largest absolute Gasteiger partial charge is 0.481 e. The van der Waals surface area contributed by atoms with E-state index < -0.39 is 23.4 Å². The molecule has 0 spiro atoms. The topological polar surface area (TPSA) is 83.8 Å². The molecule has 116 valence electrons. The Bertz CT molecular complexity index is 519. The maximum absolute atomic E-state index is 12.1. The normalized spacial score (nSPS) is 35.8. The molecule has 5 heteroatoms. The van der Waals surface area contributed by atoms with E-state index in [0.717, 1.165) is 11.1 Å². The van der Waals surface area contributed by atoms with Crippen molar-refractivity contribution in [1.29, 1.82) is 0 Å². The first-order chi connectivity index (χ1) is 9.84. The smallest absolute Gasteiger partial charge is 0.303 e. The fraction of sp³-hybridized carbons (Fsp3) is 0.625. The minimum atomic E-state index is -1.22. The molecule has 0 amide bonds. The van der Waals surface area contributed by atoms with Crippen LogP contribution in [0.4, 0.5) is 0 Å². The summed E-state index contributed by atoms with van der Waals surface area (Å²) in [5, 5.41) is 19.8. The lowest BCUT2D eigenvalue weighted by Crippen LogP contribution is -2.58. The van der Waals surface area contributed by atoms with E-state index in [-0.39, 0.29) is 24.7 Å². The molecule has 0 saturated heterocycles. The number of ether oxygens (including phenoxy) is 1. The summed E-state index contributed by atoms with van der Waals surface area (Å²) in [6, 6.07) is 0. The Hall–Kier alpha value is -1.46. The number of hydrogen-bond donors (Lipinski definition) is 2. The Balaban J connectivity index is 2.59. The van der Waals surface area contributed by atoms with Crippen LogP contribution >= 0.6 is 0 Å². The zero-order valence-electron chi connectivity index (χ0n) is 12.6. The average Bonchev–Trinajstić information content (AvgIpc) is 2.40. The van der Waals surface area contributed by atoms with Gasteiger partial charge in [-0.2, -0.15) is 0 Å². The van der Waals surface area contributed by atoms with Crippen molar-refractivity contribution in [3.8, 4) is 0 Å². The van der Waals surface area contributed by atoms with Gasteiger partial charge in [0, 0.05) is 18.4 Å². The number of hydrogen-bond acceptors (Lipinski definition) is 4. The molecule has 0 aliphatic heterocycles. The summed E-state index contributed by atoms with van der Waals surface area (Å²) in [4.78, 5) is 23.4. The zero-order valence-corrected chi connectivity index (χ0v) is 12.6. The summed E-state index contributed by atoms with van der Waals surface area (Å²) < 4.78 is 5.31. The van der Waals surface area contributed by atoms with Crippen molar-refractivity contribution in [1.82, 2.24) is 0 Å². The number of methoxy groups -OCH3 is 1. The lowest BCUT2D eigenvalue weighted by Gasteiger charge is -2.52. The van der Waals surface area contributed by atoms with Gasteiger partial charge in [0.15, 0.2) is 5.78 Å². The maximum atomic E-state index is 12.1. The Morgan fingerprint density at radius 3 is 2.67 bits per heavy atom. The van der Waals surface area contributed by atoms with Crippen molar-refractivity contribution in [2.24, 2.45) is 17.3 Å². The van der Waals surface area contributed by atoms with Crippen molar-refractivity contribution in [2.45, 2.75) is 32.8 Å². The van der Waals surface area contributed by atoms with Gasteiger partial charge in [-0.15, -0.1) is 0 Å². The van der Waals surface area contributed by atoms with Crippen LogP contribution in [0.15, 0.2) is 23.3 Å². The van der Waals surface area contributed by atoms with Crippen LogP contribution < -0.4 is 0 Å². The number of carbonyl (C=O) groups excluding carboxylic acids is 1. The van der Waals surface area contributed by atoms with E-state index in [1.807, 2.05) is 19.9 Å². The van der Waals surface area contributed by atoms with Gasteiger partial charge in [0.1, 0.15) is 6.10 Å². The van der Waals surface area contributed by atoms with E-state index in [2.05, 4.69) is 0 Å². The van der Waals surface area contributed by atoms with Crippen LogP contribution in [0, 0.1) is 17.3 Å². The third-order valence-electron chi connectivity index (χ3n) is 4.99. The summed E-state index contributed by atoms with van der Waals surface area (Å²) in [7, 11) is 1.52. The Kier molecular flexibility index (Phi) is 4.35. The molecule has 5 nitrogen and oxygen atoms in total. The molecule has 4 atom stereocenters. The van der Waals surface area contributed by atoms with Crippen LogP contribution in [-0.2, 0) is 14.3 Å². The Morgan fingerprint density at radius 2 is 2.10 bits per heavy atom. The number of carbonyl (C=O) groups is 2. The SMILES string of the molecule is COC[C@]12[C@H](O)C(=O)C=C(C)[C@@H]1CC=C(C)[C@H]2CC(=O)O. The first kappa shape index (κ1) is 15.9. The van der Waals surface area contributed by atoms with Gasteiger partial charge in [-0.3, -0.25) is 9.59 Å². The van der Waals surface area contributed by atoms with Crippen LogP contribution in [0.25, 0.3) is 0 Å². The van der Waals surface area contributed by atoms with Crippen molar-refractivity contribution in [3.05, 3.63) is 23.3 Å². The number of fused-ring (bicyclic) bond motifs is 1. The third-order valence-corrected chi connectivity index (χ3v) is 4.99. The van der Waals surface area contributed by atoms with E-state index >= 15 is 0 Å². The van der Waals surface area contributed by atoms with Crippen molar-refractivity contribution in [2.75, 3.05) is 13.7 Å². The summed E-state index contributed by atoms with van der Waals surface area (Å²) in [5.74, 6) is -1.77. The predicted molar refractivity (Wildman–Crippen MR) is 76.7 cm³/mol. The van der Waals surface area contributed by atoms with Crippen LogP contribution in [0.2, 0.25) is 0 Å². The van der Waals surface area contributed by atoms with Crippen LogP contribution in [0.3, 0.4) is 0 Å². The molecular weight excluding hydrogens is 272 g/mol. The summed E-state index contributed by atoms with van der Waals surface area (Å²) in [6.45, 7) is 3.90. The standard InChI is InChI=1S/C16H22O5/c1-9-4-5-11-10(2)6-13(17)15(20)16(11,8-21-3)12(9)7-14(18)19/h4,6,11-12,15,20H,5,7-8H2,1-3H3,(H,18,19)/t11-,12+,15+,16-/m0/s1. The quantitative estimate of drug-likeness (QED) is 0.769. The van der Waals surface area contributed by atoms with Crippen LogP contribution in [-0.4, -0.2) is 41.8 Å². The average molecular weight is 294 g/mol. The van der Waals surface area contributed by atoms with Gasteiger partial charge in [-0.1, -0.05) is 17.2 Å². The number of ketones is 1. The molecule has 21 heavy (non-hydrogen) atoms. The van der Waals surface area contributed by atoms with Gasteiger partial charge in [-0.05, 0) is 32.3 Å². The molecule has 0 aromatic heterocycles. The first-order valence-corrected chi connectivity index (χ1v) is 7.12. The van der Waals surface area contributed by atoms with Crippen LogP contribution in [0.5, 0.6) is 0 Å². The number of allylic oxidation sites excluding steroid dienone is 3. The van der Waals surface area contributed by atoms with Gasteiger partial charge >= 0.3 is 5.97 Å². The molecule has 2 aliphatic rings. The third kappa shape index (κ3) is 2.45. The minimum Gasteiger partial charge on any atom is -0.481 e. The fourth-order valence-electron chi connectivity index (χ4n) is 4.05. The Labute approximate surface area is 124 Å². The molecule has 0 radical (unpaired) electrons. The van der Waals surface area contributed by atoms with Gasteiger partial charge in [0.25, 0.3) is 0 Å². The van der Waals surface area contributed by atoms with E-state index in [0.29, 0.717) is 6.42 Å². The van der Waals surface area contributed by atoms with Gasteiger partial charge in [0.2, 0.25) is 0 Å². The first-order valence-electron chi connectivity index (χ1n) is 7.12. The second kappa shape index (κ2) is 5.73. The molecule has 0 bridgehead atoms. The van der Waals surface area contributed by atoms with E-state index in [1.54, 1.807) is 0 Å². The highest BCUT2D eigenvalue weighted by molar-refractivity contribution is 5.96. The van der Waals surface area contributed by atoms with Crippen molar-refractivity contribution >= 4 is 11.8 Å². The fourth-order valence-corrected chi connectivity index (χ4v) is 4.05. The molecular formula is C16H22O5. The summed E-state index contributed by atoms with van der Waals surface area (Å²) >= 11 is 0. The molecule has 0 aromatic rings. The van der Waals surface area contributed by atoms with Gasteiger partial charge in [0.05, 0.1) is 13.0 Å². The van der Waals surface area contributed by atoms with E-state index in [4.69, 9.17) is 4.74 Å². The number of carboxylic acids is 1. The molecule has 2 aliphatic carbocycles. The number of aliphatic hydroxyl groups excluding tert-OH is 1. The Morgan fingerprint density at radius 1 is 1.43 bits per heavy atom. The van der Waals surface area contributed by atoms with Gasteiger partial charge < -0.3 is 14.9 Å². The number of rotatable bonds is 4. The number of carboxylic acid groups (broad SMARTS) is 1. The molecule has 0 saturated carbocycles. The maximum Gasteiger partial charge on any atom is 0.303 e. The lowest BCUT2D eigenvalue weighted by molar-refractivity contribution is -0.153. The van der Waals surface area contributed by atoms with Gasteiger partial charge in [-0.25, -0.2) is 0 Å². The number of aliphatic carboxylic acids is 1. The minimum absolute atomic E-state index is 0.0711. The summed E-state index contributed by atoms with van der Waals surface area (Å²) in [6.07, 6.45) is 2.86. The molecule has 0 aromatic carbocycles. The van der Waals surface area contributed by atoms with Crippen LogP contribution in [0.1, 0.15) is 26.7 Å². The predicted octanol–water partition coefficient (Wildman–Crippen LogP) is 1.57. The highest BCUT2D eigenvalue weighted by atomic mass is 16.5. The molecule has 0 fully saturated rings. The second-order valence-corrected chi connectivity index (χ2v) is 6.13. The molecule has 2 rings (SSSR count). The number of aliphatic hydroxyl groups is 1. The van der Waals surface area contributed by atoms with E-state index in [9.17, 15) is 19.8 Å². The van der Waals surface area contributed by atoms with E-state index in [1.165, 1.54) is 13.2 Å². The van der Waals surface area contributed by atoms with Crippen molar-refractivity contribution < 1.29 is 24.5 Å². The molecule has 0 unspecified atom stereocenters. The highest BCUT2D eigenvalue weighted by Crippen LogP contribution is 2.54. The second-order valence-electron chi connectivity index (χ2n) is 6.13. The molecule has 2 N–H and O–H groups in total.